The number of aliphatic hydroxyl groups is 1. The van der Waals surface area contributed by atoms with Crippen molar-refractivity contribution in [3.8, 4) is 0 Å². The van der Waals surface area contributed by atoms with Crippen LogP contribution in [0.5, 0.6) is 0 Å². The summed E-state index contributed by atoms with van der Waals surface area (Å²) >= 11 is 0. The summed E-state index contributed by atoms with van der Waals surface area (Å²) in [6.45, 7) is 5.12. The van der Waals surface area contributed by atoms with Crippen LogP contribution in [-0.4, -0.2) is 58.5 Å². The van der Waals surface area contributed by atoms with Crippen molar-refractivity contribution in [2.75, 3.05) is 32.7 Å². The lowest BCUT2D eigenvalue weighted by Gasteiger charge is -2.35. The van der Waals surface area contributed by atoms with E-state index >= 15 is 0 Å². The molecule has 0 spiro atoms. The number of piperazine rings is 1. The van der Waals surface area contributed by atoms with Crippen molar-refractivity contribution in [1.82, 2.24) is 20.1 Å². The summed E-state index contributed by atoms with van der Waals surface area (Å²) in [6.07, 6.45) is 0.943. The monoisotopic (exact) mass is 420 g/mol. The number of rotatable bonds is 8. The van der Waals surface area contributed by atoms with Crippen LogP contribution in [0.25, 0.3) is 0 Å². The lowest BCUT2D eigenvalue weighted by molar-refractivity contribution is 0.0671. The molecule has 1 aliphatic rings. The smallest absolute Gasteiger partial charge is 0.273 e. The van der Waals surface area contributed by atoms with Gasteiger partial charge in [0, 0.05) is 39.3 Å². The minimum Gasteiger partial charge on any atom is -0.447 e. The van der Waals surface area contributed by atoms with Crippen LogP contribution in [-0.2, 0) is 13.1 Å². The maximum atomic E-state index is 12.3. The van der Waals surface area contributed by atoms with Gasteiger partial charge in [0.25, 0.3) is 5.91 Å². The molecule has 4 rings (SSSR count). The number of carbonyl (C=O) groups excluding carboxylic acids is 1. The average molecular weight is 421 g/mol. The number of oxazole rings is 1. The van der Waals surface area contributed by atoms with Gasteiger partial charge >= 0.3 is 0 Å². The Bertz CT molecular complexity index is 953. The standard InChI is InChI=1S/C24H28N4O3/c29-22(20-9-5-2-6-10-20)16-27-11-13-28(14-12-27)17-23-26-21(18-31-23)24(30)25-15-19-7-3-1-4-8-19/h1-10,18,22,29H,11-17H2,(H,25,30)/t22-/m0/s1. The summed E-state index contributed by atoms with van der Waals surface area (Å²) in [6, 6.07) is 19.5. The van der Waals surface area contributed by atoms with Crippen molar-refractivity contribution in [2.24, 2.45) is 0 Å². The van der Waals surface area contributed by atoms with Crippen molar-refractivity contribution in [3.63, 3.8) is 0 Å². The van der Waals surface area contributed by atoms with E-state index in [2.05, 4.69) is 20.1 Å². The Kier molecular flexibility index (Phi) is 7.09. The minimum atomic E-state index is -0.476. The molecule has 0 saturated carbocycles. The Morgan fingerprint density at radius 1 is 1.00 bits per heavy atom. The number of nitrogens with zero attached hydrogens (tertiary/aromatic N) is 3. The predicted molar refractivity (Wildman–Crippen MR) is 117 cm³/mol. The zero-order chi connectivity index (χ0) is 21.5. The normalized spacial score (nSPS) is 16.2. The fourth-order valence-electron chi connectivity index (χ4n) is 3.70. The Balaban J connectivity index is 1.21. The number of hydrogen-bond donors (Lipinski definition) is 2. The van der Waals surface area contributed by atoms with Gasteiger partial charge in [-0.15, -0.1) is 0 Å². The first-order valence-electron chi connectivity index (χ1n) is 10.6. The number of carbonyl (C=O) groups is 1. The van der Waals surface area contributed by atoms with Crippen molar-refractivity contribution in [3.05, 3.63) is 89.6 Å². The molecule has 7 nitrogen and oxygen atoms in total. The fraction of sp³-hybridized carbons (Fsp3) is 0.333. The first kappa shape index (κ1) is 21.2. The third kappa shape index (κ3) is 6.01. The van der Waals surface area contributed by atoms with Gasteiger partial charge in [0.1, 0.15) is 6.26 Å². The van der Waals surface area contributed by atoms with Crippen LogP contribution >= 0.6 is 0 Å². The minimum absolute atomic E-state index is 0.237. The summed E-state index contributed by atoms with van der Waals surface area (Å²) in [5, 5.41) is 13.3. The summed E-state index contributed by atoms with van der Waals surface area (Å²) in [4.78, 5) is 21.2. The molecule has 0 radical (unpaired) electrons. The van der Waals surface area contributed by atoms with Crippen molar-refractivity contribution in [1.29, 1.82) is 0 Å². The van der Waals surface area contributed by atoms with Crippen LogP contribution < -0.4 is 5.32 Å². The molecule has 1 saturated heterocycles. The molecule has 2 aromatic carbocycles. The number of hydrogen-bond acceptors (Lipinski definition) is 6. The third-order valence-corrected chi connectivity index (χ3v) is 5.52. The topological polar surface area (TPSA) is 81.8 Å². The second-order valence-corrected chi connectivity index (χ2v) is 7.80. The van der Waals surface area contributed by atoms with E-state index in [1.165, 1.54) is 6.26 Å². The van der Waals surface area contributed by atoms with Crippen molar-refractivity contribution >= 4 is 5.91 Å². The number of aromatic nitrogens is 1. The molecule has 0 unspecified atom stereocenters. The molecular formula is C24H28N4O3. The van der Waals surface area contributed by atoms with E-state index in [9.17, 15) is 9.90 Å². The highest BCUT2D eigenvalue weighted by Gasteiger charge is 2.21. The second kappa shape index (κ2) is 10.3. The Morgan fingerprint density at radius 3 is 2.35 bits per heavy atom. The van der Waals surface area contributed by atoms with Crippen LogP contribution in [0.2, 0.25) is 0 Å². The molecule has 0 aliphatic carbocycles. The molecule has 7 heteroatoms. The summed E-state index contributed by atoms with van der Waals surface area (Å²) in [7, 11) is 0. The molecule has 1 aromatic heterocycles. The highest BCUT2D eigenvalue weighted by molar-refractivity contribution is 5.91. The van der Waals surface area contributed by atoms with Gasteiger partial charge in [-0.1, -0.05) is 60.7 Å². The molecule has 2 heterocycles. The number of aliphatic hydroxyl groups excluding tert-OH is 1. The van der Waals surface area contributed by atoms with Crippen LogP contribution in [0.1, 0.15) is 33.6 Å². The van der Waals surface area contributed by atoms with E-state index in [4.69, 9.17) is 4.42 Å². The summed E-state index contributed by atoms with van der Waals surface area (Å²) in [5.74, 6) is 0.307. The van der Waals surface area contributed by atoms with Gasteiger partial charge in [-0.25, -0.2) is 4.98 Å². The molecule has 0 bridgehead atoms. The van der Waals surface area contributed by atoms with Crippen LogP contribution in [0.15, 0.2) is 71.3 Å². The van der Waals surface area contributed by atoms with Crippen LogP contribution in [0.4, 0.5) is 0 Å². The zero-order valence-electron chi connectivity index (χ0n) is 17.5. The maximum absolute atomic E-state index is 12.3. The molecule has 162 valence electrons. The molecule has 2 N–H and O–H groups in total. The molecule has 1 amide bonds. The van der Waals surface area contributed by atoms with Gasteiger partial charge in [-0.3, -0.25) is 14.6 Å². The van der Waals surface area contributed by atoms with Crippen molar-refractivity contribution in [2.45, 2.75) is 19.2 Å². The Hall–Kier alpha value is -3.00. The highest BCUT2D eigenvalue weighted by atomic mass is 16.3. The Labute approximate surface area is 182 Å². The summed E-state index contributed by atoms with van der Waals surface area (Å²) < 4.78 is 5.52. The third-order valence-electron chi connectivity index (χ3n) is 5.52. The van der Waals surface area contributed by atoms with Crippen LogP contribution in [0, 0.1) is 0 Å². The van der Waals surface area contributed by atoms with Gasteiger partial charge in [0.2, 0.25) is 5.89 Å². The molecule has 1 fully saturated rings. The van der Waals surface area contributed by atoms with E-state index < -0.39 is 6.10 Å². The van der Waals surface area contributed by atoms with E-state index in [1.807, 2.05) is 60.7 Å². The zero-order valence-corrected chi connectivity index (χ0v) is 17.5. The number of benzene rings is 2. The number of β-amino-alcohol motifs (C(OH)–C–C–N with tert-alkyl or cyclic N) is 1. The number of nitrogens with one attached hydrogen (secondary N) is 1. The highest BCUT2D eigenvalue weighted by Crippen LogP contribution is 2.16. The molecule has 31 heavy (non-hydrogen) atoms. The lowest BCUT2D eigenvalue weighted by atomic mass is 10.1. The van der Waals surface area contributed by atoms with Gasteiger partial charge in [0.15, 0.2) is 5.69 Å². The molecule has 3 aromatic rings. The van der Waals surface area contributed by atoms with E-state index in [0.29, 0.717) is 31.2 Å². The lowest BCUT2D eigenvalue weighted by Crippen LogP contribution is -2.47. The van der Waals surface area contributed by atoms with E-state index in [0.717, 1.165) is 37.3 Å². The predicted octanol–water partition coefficient (Wildman–Crippen LogP) is 2.46. The van der Waals surface area contributed by atoms with Gasteiger partial charge in [-0.2, -0.15) is 0 Å². The SMILES string of the molecule is O=C(NCc1ccccc1)c1coc(CN2CCN(C[C@H](O)c3ccccc3)CC2)n1. The van der Waals surface area contributed by atoms with Gasteiger partial charge in [-0.05, 0) is 11.1 Å². The first-order valence-corrected chi connectivity index (χ1v) is 10.6. The molecular weight excluding hydrogens is 392 g/mol. The second-order valence-electron chi connectivity index (χ2n) is 7.80. The fourth-order valence-corrected chi connectivity index (χ4v) is 3.70. The summed E-state index contributed by atoms with van der Waals surface area (Å²) in [5.41, 5.74) is 2.29. The average Bonchev–Trinajstić information content (AvgIpc) is 3.28. The molecule has 1 aliphatic heterocycles. The molecule has 1 atom stereocenters. The van der Waals surface area contributed by atoms with Crippen LogP contribution in [0.3, 0.4) is 0 Å². The number of amides is 1. The van der Waals surface area contributed by atoms with Crippen molar-refractivity contribution < 1.29 is 14.3 Å². The first-order chi connectivity index (χ1) is 15.2. The van der Waals surface area contributed by atoms with E-state index in [1.54, 1.807) is 0 Å². The van der Waals surface area contributed by atoms with Gasteiger partial charge in [0.05, 0.1) is 12.6 Å². The Morgan fingerprint density at radius 2 is 1.65 bits per heavy atom. The largest absolute Gasteiger partial charge is 0.447 e. The van der Waals surface area contributed by atoms with Gasteiger partial charge < -0.3 is 14.8 Å². The van der Waals surface area contributed by atoms with E-state index in [-0.39, 0.29) is 5.91 Å². The quantitative estimate of drug-likeness (QED) is 0.583. The maximum Gasteiger partial charge on any atom is 0.273 e.